The molecule has 0 aliphatic rings. The number of hydrogen-bond acceptors (Lipinski definition) is 4. The molecule has 2 heterocycles. The molecule has 8 heteroatoms. The van der Waals surface area contributed by atoms with E-state index in [0.717, 1.165) is 5.56 Å². The average Bonchev–Trinajstić information content (AvgIpc) is 3.13. The molecule has 4 rings (SSSR count). The van der Waals surface area contributed by atoms with Crippen molar-refractivity contribution < 1.29 is 13.6 Å². The number of halogens is 2. The van der Waals surface area contributed by atoms with Crippen molar-refractivity contribution in [3.8, 4) is 0 Å². The van der Waals surface area contributed by atoms with E-state index < -0.39 is 11.9 Å². The molecule has 0 fully saturated rings. The quantitative estimate of drug-likeness (QED) is 0.382. The third-order valence-electron chi connectivity index (χ3n) is 4.85. The number of hydrogen-bond donors (Lipinski definition) is 1. The smallest absolute Gasteiger partial charge is 0.247 e. The first-order valence-electron chi connectivity index (χ1n) is 9.81. The minimum absolute atomic E-state index is 0.127. The van der Waals surface area contributed by atoms with Gasteiger partial charge in [0.15, 0.2) is 5.16 Å². The minimum Gasteiger partial charge on any atom is -0.322 e. The highest BCUT2D eigenvalue weighted by Gasteiger charge is 2.25. The maximum atomic E-state index is 14.1. The summed E-state index contributed by atoms with van der Waals surface area (Å²) in [5.41, 5.74) is 2.35. The highest BCUT2D eigenvalue weighted by atomic mass is 32.2. The number of thioether (sulfide) groups is 1. The van der Waals surface area contributed by atoms with Crippen LogP contribution in [0.4, 0.5) is 14.5 Å². The molecule has 4 aromatic rings. The van der Waals surface area contributed by atoms with Crippen LogP contribution in [-0.4, -0.2) is 20.4 Å². The molecule has 1 amide bonds. The standard InChI is InChI=1S/C23H20F2N4OS/c1-2-20(22(30)27-18-9-4-3-8-17(18)25)29-21-13-26-11-10-19(21)28-23(29)31-14-15-6-5-7-16(24)12-15/h3-13,20H,2,14H2,1H3,(H,27,30)/t20-/m1/s1. The lowest BCUT2D eigenvalue weighted by Gasteiger charge is -2.20. The lowest BCUT2D eigenvalue weighted by atomic mass is 10.2. The van der Waals surface area contributed by atoms with Gasteiger partial charge >= 0.3 is 0 Å². The van der Waals surface area contributed by atoms with Crippen molar-refractivity contribution in [2.24, 2.45) is 0 Å². The Morgan fingerprint density at radius 2 is 2.00 bits per heavy atom. The molecule has 158 valence electrons. The topological polar surface area (TPSA) is 59.8 Å². The second-order valence-electron chi connectivity index (χ2n) is 6.94. The Hall–Kier alpha value is -3.26. The molecular weight excluding hydrogens is 418 g/mol. The van der Waals surface area contributed by atoms with Crippen LogP contribution in [0.3, 0.4) is 0 Å². The van der Waals surface area contributed by atoms with Crippen molar-refractivity contribution >= 4 is 34.4 Å². The van der Waals surface area contributed by atoms with Gasteiger partial charge in [-0.25, -0.2) is 13.8 Å². The van der Waals surface area contributed by atoms with Crippen molar-refractivity contribution in [2.45, 2.75) is 30.3 Å². The summed E-state index contributed by atoms with van der Waals surface area (Å²) in [6.07, 6.45) is 3.77. The molecule has 0 unspecified atom stereocenters. The predicted octanol–water partition coefficient (Wildman–Crippen LogP) is 5.59. The summed E-state index contributed by atoms with van der Waals surface area (Å²) in [6, 6.07) is 13.6. The summed E-state index contributed by atoms with van der Waals surface area (Å²) in [7, 11) is 0. The van der Waals surface area contributed by atoms with Gasteiger partial charge in [0.05, 0.1) is 22.9 Å². The van der Waals surface area contributed by atoms with Gasteiger partial charge in [0.25, 0.3) is 0 Å². The molecule has 0 aliphatic carbocycles. The molecule has 5 nitrogen and oxygen atoms in total. The fourth-order valence-electron chi connectivity index (χ4n) is 3.36. The zero-order chi connectivity index (χ0) is 21.8. The second-order valence-corrected chi connectivity index (χ2v) is 7.88. The normalized spacial score (nSPS) is 12.1. The average molecular weight is 439 g/mol. The number of anilines is 1. The largest absolute Gasteiger partial charge is 0.322 e. The highest BCUT2D eigenvalue weighted by Crippen LogP contribution is 2.31. The number of nitrogens with one attached hydrogen (secondary N) is 1. The molecule has 0 aliphatic heterocycles. The van der Waals surface area contributed by atoms with Gasteiger partial charge in [-0.1, -0.05) is 43.0 Å². The van der Waals surface area contributed by atoms with Crippen LogP contribution in [0, 0.1) is 11.6 Å². The van der Waals surface area contributed by atoms with Gasteiger partial charge in [-0.15, -0.1) is 0 Å². The lowest BCUT2D eigenvalue weighted by Crippen LogP contribution is -2.26. The maximum Gasteiger partial charge on any atom is 0.247 e. The van der Waals surface area contributed by atoms with Crippen molar-refractivity contribution in [3.05, 3.63) is 84.2 Å². The van der Waals surface area contributed by atoms with Gasteiger partial charge in [-0.3, -0.25) is 9.78 Å². The first-order chi connectivity index (χ1) is 15.1. The van der Waals surface area contributed by atoms with E-state index in [2.05, 4.69) is 15.3 Å². The zero-order valence-corrected chi connectivity index (χ0v) is 17.6. The Labute approximate surface area is 182 Å². The third kappa shape index (κ3) is 4.59. The fraction of sp³-hybridized carbons (Fsp3) is 0.174. The number of para-hydroxylation sites is 1. The van der Waals surface area contributed by atoms with E-state index in [0.29, 0.717) is 28.4 Å². The summed E-state index contributed by atoms with van der Waals surface area (Å²) in [6.45, 7) is 1.88. The monoisotopic (exact) mass is 438 g/mol. The van der Waals surface area contributed by atoms with Crippen LogP contribution >= 0.6 is 11.8 Å². The Morgan fingerprint density at radius 3 is 2.77 bits per heavy atom. The molecule has 0 radical (unpaired) electrons. The van der Waals surface area contributed by atoms with Crippen molar-refractivity contribution in [2.75, 3.05) is 5.32 Å². The zero-order valence-electron chi connectivity index (χ0n) is 16.8. The van der Waals surface area contributed by atoms with Gasteiger partial charge in [-0.2, -0.15) is 0 Å². The Morgan fingerprint density at radius 1 is 1.16 bits per heavy atom. The van der Waals surface area contributed by atoms with Gasteiger partial charge in [0.2, 0.25) is 5.91 Å². The van der Waals surface area contributed by atoms with E-state index in [-0.39, 0.29) is 17.4 Å². The summed E-state index contributed by atoms with van der Waals surface area (Å²) >= 11 is 1.41. The number of fused-ring (bicyclic) bond motifs is 1. The van der Waals surface area contributed by atoms with E-state index in [1.165, 1.54) is 36.0 Å². The lowest BCUT2D eigenvalue weighted by molar-refractivity contribution is -0.119. The number of imidazole rings is 1. The van der Waals surface area contributed by atoms with Crippen LogP contribution in [0.25, 0.3) is 11.0 Å². The minimum atomic E-state index is -0.621. The maximum absolute atomic E-state index is 14.1. The first-order valence-corrected chi connectivity index (χ1v) is 10.8. The Balaban J connectivity index is 1.67. The van der Waals surface area contributed by atoms with Crippen molar-refractivity contribution in [1.29, 1.82) is 0 Å². The Bertz CT molecular complexity index is 1230. The Kier molecular flexibility index (Phi) is 6.27. The highest BCUT2D eigenvalue weighted by molar-refractivity contribution is 7.98. The second kappa shape index (κ2) is 9.26. The van der Waals surface area contributed by atoms with Gasteiger partial charge < -0.3 is 9.88 Å². The van der Waals surface area contributed by atoms with Crippen LogP contribution in [0.1, 0.15) is 24.9 Å². The molecule has 0 saturated heterocycles. The van der Waals surface area contributed by atoms with Crippen LogP contribution in [0.2, 0.25) is 0 Å². The number of amides is 1. The summed E-state index contributed by atoms with van der Waals surface area (Å²) in [5.74, 6) is -0.654. The molecule has 1 atom stereocenters. The third-order valence-corrected chi connectivity index (χ3v) is 5.87. The van der Waals surface area contributed by atoms with Crippen molar-refractivity contribution in [3.63, 3.8) is 0 Å². The predicted molar refractivity (Wildman–Crippen MR) is 118 cm³/mol. The van der Waals surface area contributed by atoms with Gasteiger partial charge in [0, 0.05) is 11.9 Å². The molecule has 0 bridgehead atoms. The van der Waals surface area contributed by atoms with Crippen LogP contribution in [-0.2, 0) is 10.5 Å². The molecular formula is C23H20F2N4OS. The number of nitrogens with zero attached hydrogens (tertiary/aromatic N) is 3. The fourth-order valence-corrected chi connectivity index (χ4v) is 4.36. The molecule has 31 heavy (non-hydrogen) atoms. The van der Waals surface area contributed by atoms with Crippen LogP contribution in [0.5, 0.6) is 0 Å². The van der Waals surface area contributed by atoms with Gasteiger partial charge in [-0.05, 0) is 42.3 Å². The van der Waals surface area contributed by atoms with E-state index in [1.807, 2.05) is 17.6 Å². The van der Waals surface area contributed by atoms with Crippen LogP contribution in [0.15, 0.2) is 72.1 Å². The molecule has 2 aromatic carbocycles. The van der Waals surface area contributed by atoms with E-state index in [4.69, 9.17) is 0 Å². The number of benzene rings is 2. The number of carbonyl (C=O) groups excluding carboxylic acids is 1. The van der Waals surface area contributed by atoms with E-state index in [9.17, 15) is 13.6 Å². The molecule has 0 saturated carbocycles. The van der Waals surface area contributed by atoms with Crippen molar-refractivity contribution in [1.82, 2.24) is 14.5 Å². The van der Waals surface area contributed by atoms with Crippen LogP contribution < -0.4 is 5.32 Å². The van der Waals surface area contributed by atoms with Gasteiger partial charge in [0.1, 0.15) is 17.7 Å². The molecule has 2 aromatic heterocycles. The SMILES string of the molecule is CC[C@H](C(=O)Nc1ccccc1F)n1c(SCc2cccc(F)c2)nc2ccncc21. The first kappa shape index (κ1) is 21.0. The van der Waals surface area contributed by atoms with E-state index >= 15 is 0 Å². The van der Waals surface area contributed by atoms with E-state index in [1.54, 1.807) is 36.7 Å². The molecule has 1 N–H and O–H groups in total. The number of pyridine rings is 1. The molecule has 0 spiro atoms. The summed E-state index contributed by atoms with van der Waals surface area (Å²) in [5, 5.41) is 3.29. The number of aromatic nitrogens is 3. The number of rotatable bonds is 7. The summed E-state index contributed by atoms with van der Waals surface area (Å²) < 4.78 is 29.4. The summed E-state index contributed by atoms with van der Waals surface area (Å²) in [4.78, 5) is 21.9. The number of carbonyl (C=O) groups is 1.